The molecule has 1 aromatic heterocycles. The lowest BCUT2D eigenvalue weighted by Gasteiger charge is -2.28. The highest BCUT2D eigenvalue weighted by molar-refractivity contribution is 5.03. The molecule has 2 heterocycles. The zero-order chi connectivity index (χ0) is 9.26. The van der Waals surface area contributed by atoms with Crippen molar-refractivity contribution in [1.29, 1.82) is 0 Å². The summed E-state index contributed by atoms with van der Waals surface area (Å²) in [6.07, 6.45) is 5.14. The van der Waals surface area contributed by atoms with E-state index in [9.17, 15) is 0 Å². The largest absolute Gasteiger partial charge is 0.338 e. The van der Waals surface area contributed by atoms with Crippen LogP contribution in [0.2, 0.25) is 0 Å². The highest BCUT2D eigenvalue weighted by Crippen LogP contribution is 2.27. The molecule has 0 spiro atoms. The molecule has 2 unspecified atom stereocenters. The van der Waals surface area contributed by atoms with Crippen molar-refractivity contribution in [2.75, 3.05) is 13.1 Å². The smallest absolute Gasteiger partial charge is 0.111 e. The summed E-state index contributed by atoms with van der Waals surface area (Å²) in [6.45, 7) is 4.55. The summed E-state index contributed by atoms with van der Waals surface area (Å²) in [6, 6.07) is 0. The Morgan fingerprint density at radius 3 is 3.08 bits per heavy atom. The number of nitrogens with zero attached hydrogens (tertiary/aromatic N) is 2. The minimum Gasteiger partial charge on any atom is -0.338 e. The van der Waals surface area contributed by atoms with Crippen molar-refractivity contribution in [2.45, 2.75) is 19.3 Å². The summed E-state index contributed by atoms with van der Waals surface area (Å²) in [5, 5.41) is 3.41. The van der Waals surface area contributed by atoms with Gasteiger partial charge in [-0.05, 0) is 25.4 Å². The van der Waals surface area contributed by atoms with Crippen LogP contribution in [-0.4, -0.2) is 22.6 Å². The first kappa shape index (κ1) is 8.75. The third-order valence-electron chi connectivity index (χ3n) is 2.98. The van der Waals surface area contributed by atoms with Gasteiger partial charge in [-0.25, -0.2) is 4.98 Å². The molecule has 72 valence electrons. The van der Waals surface area contributed by atoms with Crippen LogP contribution < -0.4 is 5.32 Å². The standard InChI is InChI=1S/C10H17N3/c1-8-7-11-4-3-9(8)10-12-5-6-13(10)2/h5-6,8-9,11H,3-4,7H2,1-2H3. The monoisotopic (exact) mass is 179 g/mol. The van der Waals surface area contributed by atoms with Crippen LogP contribution in [0.5, 0.6) is 0 Å². The minimum absolute atomic E-state index is 0.640. The van der Waals surface area contributed by atoms with E-state index in [0.29, 0.717) is 11.8 Å². The molecular weight excluding hydrogens is 162 g/mol. The third kappa shape index (κ3) is 1.61. The number of nitrogens with one attached hydrogen (secondary N) is 1. The van der Waals surface area contributed by atoms with Gasteiger partial charge in [0, 0.05) is 25.4 Å². The Labute approximate surface area is 79.2 Å². The van der Waals surface area contributed by atoms with Crippen molar-refractivity contribution >= 4 is 0 Å². The van der Waals surface area contributed by atoms with Crippen molar-refractivity contribution in [2.24, 2.45) is 13.0 Å². The van der Waals surface area contributed by atoms with Gasteiger partial charge in [0.15, 0.2) is 0 Å². The highest BCUT2D eigenvalue weighted by atomic mass is 15.0. The van der Waals surface area contributed by atoms with Gasteiger partial charge >= 0.3 is 0 Å². The van der Waals surface area contributed by atoms with Crippen LogP contribution in [0.3, 0.4) is 0 Å². The molecule has 13 heavy (non-hydrogen) atoms. The predicted octanol–water partition coefficient (Wildman–Crippen LogP) is 1.13. The van der Waals surface area contributed by atoms with E-state index in [4.69, 9.17) is 0 Å². The van der Waals surface area contributed by atoms with Gasteiger partial charge in [-0.2, -0.15) is 0 Å². The van der Waals surface area contributed by atoms with E-state index in [1.807, 2.05) is 12.4 Å². The van der Waals surface area contributed by atoms with E-state index >= 15 is 0 Å². The van der Waals surface area contributed by atoms with Crippen molar-refractivity contribution in [3.8, 4) is 0 Å². The second kappa shape index (κ2) is 3.50. The lowest BCUT2D eigenvalue weighted by Crippen LogP contribution is -2.34. The van der Waals surface area contributed by atoms with Crippen LogP contribution in [0.4, 0.5) is 0 Å². The second-order valence-electron chi connectivity index (χ2n) is 3.97. The molecule has 1 saturated heterocycles. The molecule has 1 N–H and O–H groups in total. The van der Waals surface area contributed by atoms with Crippen LogP contribution in [-0.2, 0) is 7.05 Å². The Hall–Kier alpha value is -0.830. The Morgan fingerprint density at radius 2 is 2.46 bits per heavy atom. The van der Waals surface area contributed by atoms with E-state index in [2.05, 4.69) is 28.8 Å². The fourth-order valence-electron chi connectivity index (χ4n) is 2.13. The van der Waals surface area contributed by atoms with E-state index in [0.717, 1.165) is 13.1 Å². The Morgan fingerprint density at radius 1 is 1.62 bits per heavy atom. The SMILES string of the molecule is CC1CNCCC1c1nccn1C. The first-order chi connectivity index (χ1) is 6.29. The topological polar surface area (TPSA) is 29.9 Å². The van der Waals surface area contributed by atoms with Crippen molar-refractivity contribution in [1.82, 2.24) is 14.9 Å². The van der Waals surface area contributed by atoms with Crippen molar-refractivity contribution in [3.05, 3.63) is 18.2 Å². The average molecular weight is 179 g/mol. The average Bonchev–Trinajstić information content (AvgIpc) is 2.52. The second-order valence-corrected chi connectivity index (χ2v) is 3.97. The number of aryl methyl sites for hydroxylation is 1. The molecule has 0 radical (unpaired) electrons. The molecule has 0 amide bonds. The maximum atomic E-state index is 4.43. The molecule has 1 aliphatic heterocycles. The molecule has 3 heteroatoms. The van der Waals surface area contributed by atoms with Crippen LogP contribution >= 0.6 is 0 Å². The lowest BCUT2D eigenvalue weighted by molar-refractivity contribution is 0.333. The zero-order valence-electron chi connectivity index (χ0n) is 8.33. The number of piperidine rings is 1. The number of hydrogen-bond donors (Lipinski definition) is 1. The molecule has 3 nitrogen and oxygen atoms in total. The number of aromatic nitrogens is 2. The maximum Gasteiger partial charge on any atom is 0.111 e. The molecule has 0 aromatic carbocycles. The summed E-state index contributed by atoms with van der Waals surface area (Å²) in [4.78, 5) is 4.43. The van der Waals surface area contributed by atoms with Gasteiger partial charge in [0.05, 0.1) is 0 Å². The quantitative estimate of drug-likeness (QED) is 0.700. The van der Waals surface area contributed by atoms with Crippen LogP contribution in [0.25, 0.3) is 0 Å². The third-order valence-corrected chi connectivity index (χ3v) is 2.98. The van der Waals surface area contributed by atoms with E-state index in [-0.39, 0.29) is 0 Å². The first-order valence-corrected chi connectivity index (χ1v) is 4.97. The van der Waals surface area contributed by atoms with Crippen LogP contribution in [0.15, 0.2) is 12.4 Å². The molecule has 1 aliphatic rings. The summed E-state index contributed by atoms with van der Waals surface area (Å²) in [5.41, 5.74) is 0. The van der Waals surface area contributed by atoms with Gasteiger partial charge < -0.3 is 9.88 Å². The van der Waals surface area contributed by atoms with E-state index < -0.39 is 0 Å². The lowest BCUT2D eigenvalue weighted by atomic mass is 9.87. The normalized spacial score (nSPS) is 29.1. The van der Waals surface area contributed by atoms with Gasteiger partial charge in [-0.15, -0.1) is 0 Å². The van der Waals surface area contributed by atoms with Gasteiger partial charge in [0.2, 0.25) is 0 Å². The minimum atomic E-state index is 0.640. The first-order valence-electron chi connectivity index (χ1n) is 4.97. The fourth-order valence-corrected chi connectivity index (χ4v) is 2.13. The molecule has 1 aromatic rings. The molecule has 0 aliphatic carbocycles. The van der Waals surface area contributed by atoms with Gasteiger partial charge in [0.1, 0.15) is 5.82 Å². The van der Waals surface area contributed by atoms with E-state index in [1.165, 1.54) is 12.2 Å². The molecule has 2 rings (SSSR count). The number of imidazole rings is 1. The molecule has 0 bridgehead atoms. The molecule has 0 saturated carbocycles. The summed E-state index contributed by atoms with van der Waals surface area (Å²) < 4.78 is 2.15. The molecular formula is C10H17N3. The van der Waals surface area contributed by atoms with Crippen LogP contribution in [0, 0.1) is 5.92 Å². The highest BCUT2D eigenvalue weighted by Gasteiger charge is 2.25. The number of hydrogen-bond acceptors (Lipinski definition) is 2. The van der Waals surface area contributed by atoms with E-state index in [1.54, 1.807) is 0 Å². The predicted molar refractivity (Wildman–Crippen MR) is 52.6 cm³/mol. The Balaban J connectivity index is 2.19. The van der Waals surface area contributed by atoms with Crippen molar-refractivity contribution in [3.63, 3.8) is 0 Å². The van der Waals surface area contributed by atoms with Crippen LogP contribution in [0.1, 0.15) is 25.1 Å². The van der Waals surface area contributed by atoms with Gasteiger partial charge in [0.25, 0.3) is 0 Å². The maximum absolute atomic E-state index is 4.43. The summed E-state index contributed by atoms with van der Waals surface area (Å²) in [5.74, 6) is 2.59. The summed E-state index contributed by atoms with van der Waals surface area (Å²) in [7, 11) is 2.08. The Bertz CT molecular complexity index is 279. The molecule has 1 fully saturated rings. The Kier molecular flexibility index (Phi) is 2.36. The van der Waals surface area contributed by atoms with Gasteiger partial charge in [-0.1, -0.05) is 6.92 Å². The fraction of sp³-hybridized carbons (Fsp3) is 0.700. The molecule has 2 atom stereocenters. The van der Waals surface area contributed by atoms with Crippen molar-refractivity contribution < 1.29 is 0 Å². The summed E-state index contributed by atoms with van der Waals surface area (Å²) >= 11 is 0. The van der Waals surface area contributed by atoms with Gasteiger partial charge in [-0.3, -0.25) is 0 Å². The zero-order valence-corrected chi connectivity index (χ0v) is 8.33. The number of rotatable bonds is 1.